The van der Waals surface area contributed by atoms with Crippen LogP contribution in [0.3, 0.4) is 0 Å². The summed E-state index contributed by atoms with van der Waals surface area (Å²) in [6.45, 7) is 19.9. The van der Waals surface area contributed by atoms with Gasteiger partial charge in [-0.3, -0.25) is 0 Å². The molecule has 270 valence electrons. The Morgan fingerprint density at radius 1 is 0.404 bits per heavy atom. The average Bonchev–Trinajstić information content (AvgIpc) is 3.15. The van der Waals surface area contributed by atoms with Crippen LogP contribution in [0.25, 0.3) is 33.4 Å². The van der Waals surface area contributed by atoms with Gasteiger partial charge in [0, 0.05) is 0 Å². The summed E-state index contributed by atoms with van der Waals surface area (Å²) >= 11 is 0. The van der Waals surface area contributed by atoms with E-state index < -0.39 is 0 Å². The third-order valence-electron chi connectivity index (χ3n) is 10.2. The Labute approximate surface area is 317 Å². The van der Waals surface area contributed by atoms with E-state index in [2.05, 4.69) is 196 Å². The fourth-order valence-corrected chi connectivity index (χ4v) is 7.09. The van der Waals surface area contributed by atoms with Crippen LogP contribution in [-0.4, -0.2) is 0 Å². The van der Waals surface area contributed by atoms with E-state index in [0.717, 1.165) is 6.42 Å². The Morgan fingerprint density at radius 3 is 1.46 bits per heavy atom. The summed E-state index contributed by atoms with van der Waals surface area (Å²) < 4.78 is 0. The van der Waals surface area contributed by atoms with Gasteiger partial charge >= 0.3 is 0 Å². The minimum Gasteiger partial charge on any atom is -0.0654 e. The Balaban J connectivity index is 0.000000175. The summed E-state index contributed by atoms with van der Waals surface area (Å²) in [6.07, 6.45) is 7.24. The van der Waals surface area contributed by atoms with E-state index in [0.29, 0.717) is 5.92 Å². The SMILES string of the molecule is CCC(C)c1ccccc1-c1ccccc1C.CCCCc1ccccc1-c1ccccc1C.CCCc1cc(C)ccc1-c1ccc(C)cc1C. The first-order valence-corrected chi connectivity index (χ1v) is 19.6. The average molecular weight is 687 g/mol. The smallest absolute Gasteiger partial charge is 0.0147 e. The maximum atomic E-state index is 2.33. The van der Waals surface area contributed by atoms with Crippen LogP contribution in [0, 0.1) is 34.6 Å². The van der Waals surface area contributed by atoms with Crippen LogP contribution in [0.4, 0.5) is 0 Å². The van der Waals surface area contributed by atoms with E-state index in [1.807, 2.05) is 0 Å². The summed E-state index contributed by atoms with van der Waals surface area (Å²) in [7, 11) is 0. The van der Waals surface area contributed by atoms with Crippen molar-refractivity contribution in [3.05, 3.63) is 178 Å². The number of aryl methyl sites for hydroxylation is 7. The van der Waals surface area contributed by atoms with Gasteiger partial charge in [-0.1, -0.05) is 185 Å². The molecule has 1 unspecified atom stereocenters. The Bertz CT molecular complexity index is 1990. The lowest BCUT2D eigenvalue weighted by atomic mass is 9.89. The van der Waals surface area contributed by atoms with Gasteiger partial charge in [0.05, 0.1) is 0 Å². The van der Waals surface area contributed by atoms with Crippen LogP contribution in [0.15, 0.2) is 133 Å². The molecule has 52 heavy (non-hydrogen) atoms. The highest BCUT2D eigenvalue weighted by molar-refractivity contribution is 5.73. The predicted molar refractivity (Wildman–Crippen MR) is 231 cm³/mol. The normalized spacial score (nSPS) is 11.2. The lowest BCUT2D eigenvalue weighted by Crippen LogP contribution is -1.95. The second-order valence-corrected chi connectivity index (χ2v) is 14.5. The molecule has 0 radical (unpaired) electrons. The van der Waals surface area contributed by atoms with Crippen molar-refractivity contribution >= 4 is 0 Å². The van der Waals surface area contributed by atoms with Gasteiger partial charge in [0.25, 0.3) is 0 Å². The third kappa shape index (κ3) is 10.9. The molecule has 0 aliphatic rings. The van der Waals surface area contributed by atoms with E-state index >= 15 is 0 Å². The van der Waals surface area contributed by atoms with Crippen molar-refractivity contribution in [2.75, 3.05) is 0 Å². The molecular weight excluding hydrogens is 625 g/mol. The standard InChI is InChI=1S/C18H22.2C17H20/c1-5-6-16-12-14(3)8-10-18(16)17-9-7-13(2)11-15(17)4;1-4-13(2)15-10-7-8-12-17(15)16-11-6-5-9-14(16)3;1-3-4-10-15-11-6-8-13-17(15)16-12-7-5-9-14(16)2/h7-12H,5-6H2,1-4H3;5-13H,4H2,1-3H3;5-9,11-13H,3-4,10H2,1-2H3. The maximum Gasteiger partial charge on any atom is -0.0147 e. The molecule has 0 nitrogen and oxygen atoms in total. The van der Waals surface area contributed by atoms with Gasteiger partial charge in [-0.25, -0.2) is 0 Å². The first kappa shape index (κ1) is 40.1. The Kier molecular flexibility index (Phi) is 15.7. The van der Waals surface area contributed by atoms with Crippen LogP contribution in [-0.2, 0) is 12.8 Å². The number of unbranched alkanes of at least 4 members (excludes halogenated alkanes) is 1. The van der Waals surface area contributed by atoms with Gasteiger partial charge in [0.2, 0.25) is 0 Å². The van der Waals surface area contributed by atoms with Crippen molar-refractivity contribution in [3.63, 3.8) is 0 Å². The lowest BCUT2D eigenvalue weighted by Gasteiger charge is -2.16. The number of benzene rings is 6. The van der Waals surface area contributed by atoms with E-state index in [1.54, 1.807) is 0 Å². The van der Waals surface area contributed by atoms with Crippen LogP contribution >= 0.6 is 0 Å². The fourth-order valence-electron chi connectivity index (χ4n) is 7.09. The van der Waals surface area contributed by atoms with Gasteiger partial charge in [-0.05, 0) is 133 Å². The molecule has 0 amide bonds. The van der Waals surface area contributed by atoms with E-state index in [-0.39, 0.29) is 0 Å². The van der Waals surface area contributed by atoms with Crippen molar-refractivity contribution in [1.29, 1.82) is 0 Å². The first-order chi connectivity index (χ1) is 25.2. The molecule has 6 aromatic rings. The molecule has 6 aromatic carbocycles. The summed E-state index contributed by atoms with van der Waals surface area (Å²) in [5, 5.41) is 0. The molecule has 0 N–H and O–H groups in total. The predicted octanol–water partition coefficient (Wildman–Crippen LogP) is 15.4. The molecule has 1 atom stereocenters. The molecule has 0 saturated carbocycles. The van der Waals surface area contributed by atoms with Gasteiger partial charge in [-0.2, -0.15) is 0 Å². The summed E-state index contributed by atoms with van der Waals surface area (Å²) in [5.74, 6) is 0.616. The second kappa shape index (κ2) is 20.4. The highest BCUT2D eigenvalue weighted by atomic mass is 14.2. The lowest BCUT2D eigenvalue weighted by molar-refractivity contribution is 0.735. The second-order valence-electron chi connectivity index (χ2n) is 14.5. The monoisotopic (exact) mass is 686 g/mol. The molecule has 0 aliphatic carbocycles. The van der Waals surface area contributed by atoms with Crippen molar-refractivity contribution in [1.82, 2.24) is 0 Å². The van der Waals surface area contributed by atoms with Crippen molar-refractivity contribution < 1.29 is 0 Å². The number of hydrogen-bond donors (Lipinski definition) is 0. The molecule has 0 heterocycles. The van der Waals surface area contributed by atoms with E-state index in [1.165, 1.54) is 110 Å². The highest BCUT2D eigenvalue weighted by Crippen LogP contribution is 2.33. The molecule has 6 rings (SSSR count). The van der Waals surface area contributed by atoms with Gasteiger partial charge < -0.3 is 0 Å². The quantitative estimate of drug-likeness (QED) is 0.135. The summed E-state index contributed by atoms with van der Waals surface area (Å²) in [4.78, 5) is 0. The first-order valence-electron chi connectivity index (χ1n) is 19.6. The molecule has 0 aliphatic heterocycles. The summed E-state index contributed by atoms with van der Waals surface area (Å²) in [5.41, 5.74) is 19.5. The zero-order chi connectivity index (χ0) is 37.5. The molecule has 0 aromatic heterocycles. The minimum absolute atomic E-state index is 0.616. The van der Waals surface area contributed by atoms with Crippen LogP contribution in [0.2, 0.25) is 0 Å². The Hall–Kier alpha value is -4.68. The largest absolute Gasteiger partial charge is 0.0654 e. The van der Waals surface area contributed by atoms with E-state index in [9.17, 15) is 0 Å². The molecular formula is C52H62. The van der Waals surface area contributed by atoms with Gasteiger partial charge in [-0.15, -0.1) is 0 Å². The number of hydrogen-bond acceptors (Lipinski definition) is 0. The van der Waals surface area contributed by atoms with Crippen LogP contribution in [0.5, 0.6) is 0 Å². The van der Waals surface area contributed by atoms with Crippen molar-refractivity contribution in [3.8, 4) is 33.4 Å². The van der Waals surface area contributed by atoms with Gasteiger partial charge in [0.15, 0.2) is 0 Å². The highest BCUT2D eigenvalue weighted by Gasteiger charge is 2.11. The number of rotatable bonds is 10. The van der Waals surface area contributed by atoms with Gasteiger partial charge in [0.1, 0.15) is 0 Å². The molecule has 0 fully saturated rings. The summed E-state index contributed by atoms with van der Waals surface area (Å²) in [6, 6.07) is 48.4. The van der Waals surface area contributed by atoms with E-state index in [4.69, 9.17) is 0 Å². The van der Waals surface area contributed by atoms with Crippen molar-refractivity contribution in [2.45, 2.75) is 107 Å². The zero-order valence-electron chi connectivity index (χ0n) is 33.5. The molecule has 0 saturated heterocycles. The third-order valence-corrected chi connectivity index (χ3v) is 10.2. The van der Waals surface area contributed by atoms with Crippen LogP contribution < -0.4 is 0 Å². The molecule has 0 bridgehead atoms. The molecule has 0 heteroatoms. The topological polar surface area (TPSA) is 0 Å². The zero-order valence-corrected chi connectivity index (χ0v) is 33.5. The van der Waals surface area contributed by atoms with Crippen LogP contribution in [0.1, 0.15) is 104 Å². The molecule has 0 spiro atoms. The minimum atomic E-state index is 0.616. The van der Waals surface area contributed by atoms with Crippen molar-refractivity contribution in [2.24, 2.45) is 0 Å². The fraction of sp³-hybridized carbons (Fsp3) is 0.308. The maximum absolute atomic E-state index is 2.33. The Morgan fingerprint density at radius 2 is 0.885 bits per heavy atom.